The number of rotatable bonds is 5. The molecule has 1 amide bonds. The van der Waals surface area contributed by atoms with Crippen LogP contribution in [0.15, 0.2) is 0 Å². The molecule has 0 aromatic heterocycles. The van der Waals surface area contributed by atoms with Crippen molar-refractivity contribution in [1.82, 2.24) is 5.32 Å². The summed E-state index contributed by atoms with van der Waals surface area (Å²) in [6, 6.07) is 0.0346. The Morgan fingerprint density at radius 3 is 2.46 bits per heavy atom. The molecular formula is C9H17NO3. The molecule has 1 heterocycles. The summed E-state index contributed by atoms with van der Waals surface area (Å²) < 4.78 is 10.8. The van der Waals surface area contributed by atoms with Gasteiger partial charge in [-0.15, -0.1) is 0 Å². The first kappa shape index (κ1) is 10.5. The molecule has 1 saturated heterocycles. The van der Waals surface area contributed by atoms with E-state index in [1.165, 1.54) is 0 Å². The summed E-state index contributed by atoms with van der Waals surface area (Å²) in [6.45, 7) is 5.06. The van der Waals surface area contributed by atoms with Gasteiger partial charge in [-0.3, -0.25) is 4.79 Å². The molecule has 0 spiro atoms. The Morgan fingerprint density at radius 2 is 2.08 bits per heavy atom. The fourth-order valence-corrected chi connectivity index (χ4v) is 1.45. The maximum Gasteiger partial charge on any atom is 0.220 e. The molecule has 0 aliphatic carbocycles. The van der Waals surface area contributed by atoms with E-state index in [1.807, 2.05) is 13.8 Å². The fourth-order valence-electron chi connectivity index (χ4n) is 1.45. The highest BCUT2D eigenvalue weighted by atomic mass is 16.7. The van der Waals surface area contributed by atoms with Gasteiger partial charge in [0.05, 0.1) is 6.04 Å². The summed E-state index contributed by atoms with van der Waals surface area (Å²) >= 11 is 0. The summed E-state index contributed by atoms with van der Waals surface area (Å²) in [4.78, 5) is 10.9. The molecule has 1 unspecified atom stereocenters. The van der Waals surface area contributed by atoms with Crippen molar-refractivity contribution in [2.24, 2.45) is 0 Å². The van der Waals surface area contributed by atoms with Crippen LogP contribution in [-0.4, -0.2) is 31.5 Å². The van der Waals surface area contributed by atoms with Gasteiger partial charge in [0.25, 0.3) is 0 Å². The van der Waals surface area contributed by atoms with Gasteiger partial charge in [-0.1, -0.05) is 0 Å². The third-order valence-electron chi connectivity index (χ3n) is 2.02. The molecule has 1 fully saturated rings. The Bertz CT molecular complexity index is 166. The van der Waals surface area contributed by atoms with Gasteiger partial charge in [-0.25, -0.2) is 0 Å². The van der Waals surface area contributed by atoms with Crippen LogP contribution in [0.2, 0.25) is 0 Å². The molecule has 0 radical (unpaired) electrons. The number of nitrogens with one attached hydrogen (secondary N) is 1. The van der Waals surface area contributed by atoms with Crippen LogP contribution in [0.5, 0.6) is 0 Å². The van der Waals surface area contributed by atoms with E-state index in [0.717, 1.165) is 6.42 Å². The second kappa shape index (κ2) is 5.19. The Kier molecular flexibility index (Phi) is 4.18. The second-order valence-corrected chi connectivity index (χ2v) is 2.99. The van der Waals surface area contributed by atoms with E-state index in [-0.39, 0.29) is 18.2 Å². The van der Waals surface area contributed by atoms with E-state index in [0.29, 0.717) is 19.6 Å². The largest absolute Gasteiger partial charge is 0.351 e. The zero-order valence-corrected chi connectivity index (χ0v) is 8.21. The minimum Gasteiger partial charge on any atom is -0.351 e. The molecule has 4 heteroatoms. The molecule has 13 heavy (non-hydrogen) atoms. The molecule has 1 N–H and O–H groups in total. The van der Waals surface area contributed by atoms with Gasteiger partial charge >= 0.3 is 0 Å². The highest BCUT2D eigenvalue weighted by Crippen LogP contribution is 2.14. The lowest BCUT2D eigenvalue weighted by Gasteiger charge is -2.22. The number of carbonyl (C=O) groups is 1. The van der Waals surface area contributed by atoms with Crippen molar-refractivity contribution < 1.29 is 14.3 Å². The molecule has 1 aliphatic heterocycles. The van der Waals surface area contributed by atoms with Gasteiger partial charge < -0.3 is 14.8 Å². The van der Waals surface area contributed by atoms with Gasteiger partial charge in [-0.2, -0.15) is 0 Å². The van der Waals surface area contributed by atoms with Crippen LogP contribution in [-0.2, 0) is 14.3 Å². The van der Waals surface area contributed by atoms with Gasteiger partial charge in [0.15, 0.2) is 6.29 Å². The van der Waals surface area contributed by atoms with Crippen LogP contribution < -0.4 is 5.32 Å². The lowest BCUT2D eigenvalue weighted by molar-refractivity contribution is -0.153. The van der Waals surface area contributed by atoms with Crippen molar-refractivity contribution in [3.05, 3.63) is 0 Å². The van der Waals surface area contributed by atoms with Crippen molar-refractivity contribution in [1.29, 1.82) is 0 Å². The number of hydrogen-bond acceptors (Lipinski definition) is 3. The zero-order chi connectivity index (χ0) is 9.68. The fraction of sp³-hybridized carbons (Fsp3) is 0.889. The molecule has 1 rings (SSSR count). The highest BCUT2D eigenvalue weighted by Gasteiger charge is 2.29. The highest BCUT2D eigenvalue weighted by molar-refractivity contribution is 5.78. The van der Waals surface area contributed by atoms with Gasteiger partial charge in [0.2, 0.25) is 5.91 Å². The maximum absolute atomic E-state index is 10.9. The van der Waals surface area contributed by atoms with Gasteiger partial charge in [-0.05, 0) is 20.3 Å². The summed E-state index contributed by atoms with van der Waals surface area (Å²) in [5.74, 6) is 0.0920. The number of carbonyl (C=O) groups excluding carboxylic acids is 1. The third kappa shape index (κ3) is 2.97. The van der Waals surface area contributed by atoms with Crippen molar-refractivity contribution in [3.8, 4) is 0 Å². The first-order valence-corrected chi connectivity index (χ1v) is 4.80. The van der Waals surface area contributed by atoms with Crippen molar-refractivity contribution in [2.75, 3.05) is 13.2 Å². The van der Waals surface area contributed by atoms with E-state index in [9.17, 15) is 4.79 Å². The van der Waals surface area contributed by atoms with Crippen LogP contribution >= 0.6 is 0 Å². The molecule has 4 nitrogen and oxygen atoms in total. The first-order valence-electron chi connectivity index (χ1n) is 4.80. The molecule has 0 saturated carbocycles. The van der Waals surface area contributed by atoms with E-state index >= 15 is 0 Å². The molecule has 1 aliphatic rings. The van der Waals surface area contributed by atoms with Crippen molar-refractivity contribution in [2.45, 2.75) is 39.0 Å². The van der Waals surface area contributed by atoms with Crippen LogP contribution in [0.1, 0.15) is 26.7 Å². The minimum absolute atomic E-state index is 0.0346. The average Bonchev–Trinajstić information content (AvgIpc) is 2.51. The molecule has 76 valence electrons. The van der Waals surface area contributed by atoms with Gasteiger partial charge in [0, 0.05) is 19.6 Å². The lowest BCUT2D eigenvalue weighted by Crippen LogP contribution is -2.40. The summed E-state index contributed by atoms with van der Waals surface area (Å²) in [5, 5.41) is 2.83. The normalized spacial score (nSPS) is 22.4. The lowest BCUT2D eigenvalue weighted by atomic mass is 10.2. The number of amides is 1. The monoisotopic (exact) mass is 187 g/mol. The van der Waals surface area contributed by atoms with E-state index in [4.69, 9.17) is 9.47 Å². The molecule has 0 bridgehead atoms. The quantitative estimate of drug-likeness (QED) is 0.643. The number of hydrogen-bond donors (Lipinski definition) is 1. The molecular weight excluding hydrogens is 170 g/mol. The second-order valence-electron chi connectivity index (χ2n) is 2.99. The molecule has 1 atom stereocenters. The van der Waals surface area contributed by atoms with E-state index < -0.39 is 0 Å². The smallest absolute Gasteiger partial charge is 0.220 e. The average molecular weight is 187 g/mol. The van der Waals surface area contributed by atoms with Crippen LogP contribution in [0, 0.1) is 0 Å². The van der Waals surface area contributed by atoms with E-state index in [1.54, 1.807) is 0 Å². The maximum atomic E-state index is 10.9. The summed E-state index contributed by atoms with van der Waals surface area (Å²) in [7, 11) is 0. The Morgan fingerprint density at radius 1 is 1.46 bits per heavy atom. The summed E-state index contributed by atoms with van der Waals surface area (Å²) in [5.41, 5.74) is 0. The Hall–Kier alpha value is -0.610. The number of ether oxygens (including phenoxy) is 2. The summed E-state index contributed by atoms with van der Waals surface area (Å²) in [6.07, 6.45) is 1.12. The van der Waals surface area contributed by atoms with Crippen LogP contribution in [0.25, 0.3) is 0 Å². The van der Waals surface area contributed by atoms with Crippen LogP contribution in [0.3, 0.4) is 0 Å². The van der Waals surface area contributed by atoms with Crippen molar-refractivity contribution >= 4 is 5.91 Å². The Balaban J connectivity index is 2.39. The van der Waals surface area contributed by atoms with Crippen molar-refractivity contribution in [3.63, 3.8) is 0 Å². The standard InChI is InChI=1S/C9H17NO3/c1-3-12-9(13-4-2)7-5-6-8(11)10-7/h7,9H,3-6H2,1-2H3,(H,10,11). The molecule has 0 aromatic rings. The predicted molar refractivity (Wildman–Crippen MR) is 48.2 cm³/mol. The molecule has 0 aromatic carbocycles. The van der Waals surface area contributed by atoms with Crippen LogP contribution in [0.4, 0.5) is 0 Å². The topological polar surface area (TPSA) is 47.6 Å². The van der Waals surface area contributed by atoms with E-state index in [2.05, 4.69) is 5.32 Å². The predicted octanol–water partition coefficient (Wildman–Crippen LogP) is 0.664. The first-order chi connectivity index (χ1) is 6.27. The zero-order valence-electron chi connectivity index (χ0n) is 8.21. The Labute approximate surface area is 78.6 Å². The van der Waals surface area contributed by atoms with Gasteiger partial charge in [0.1, 0.15) is 0 Å². The third-order valence-corrected chi connectivity index (χ3v) is 2.02. The minimum atomic E-state index is -0.276. The SMILES string of the molecule is CCOC(OCC)C1CCC(=O)N1.